The summed E-state index contributed by atoms with van der Waals surface area (Å²) in [6.45, 7) is 2.58. The predicted octanol–water partition coefficient (Wildman–Crippen LogP) is 0.613. The van der Waals surface area contributed by atoms with Crippen molar-refractivity contribution in [2.45, 2.75) is 24.7 Å². The number of nitrogens with zero attached hydrogens (tertiary/aromatic N) is 1. The third-order valence-corrected chi connectivity index (χ3v) is 4.06. The molecule has 0 aromatic heterocycles. The molecule has 0 aliphatic rings. The van der Waals surface area contributed by atoms with Crippen LogP contribution >= 0.6 is 11.6 Å². The number of carbonyl (C=O) groups is 1. The molecule has 22 heavy (non-hydrogen) atoms. The van der Waals surface area contributed by atoms with Crippen molar-refractivity contribution in [3.63, 3.8) is 0 Å². The Morgan fingerprint density at radius 3 is 2.50 bits per heavy atom. The van der Waals surface area contributed by atoms with Crippen molar-refractivity contribution in [2.24, 2.45) is 21.6 Å². The minimum atomic E-state index is -4.08. The number of benzene rings is 1. The molecule has 1 rings (SSSR count). The van der Waals surface area contributed by atoms with Gasteiger partial charge in [-0.2, -0.15) is 4.99 Å². The van der Waals surface area contributed by atoms with Gasteiger partial charge in [0.1, 0.15) is 4.90 Å². The maximum atomic E-state index is 12.0. The van der Waals surface area contributed by atoms with Crippen molar-refractivity contribution in [3.05, 3.63) is 22.7 Å². The molecule has 7 N–H and O–H groups in total. The number of aliphatic imine (C=N–C) groups is 1. The van der Waals surface area contributed by atoms with Crippen LogP contribution in [0.2, 0.25) is 5.02 Å². The van der Waals surface area contributed by atoms with E-state index in [4.69, 9.17) is 28.2 Å². The van der Waals surface area contributed by atoms with E-state index >= 15 is 0 Å². The minimum Gasteiger partial charge on any atom is -0.384 e. The molecule has 0 unspecified atom stereocenters. The smallest absolute Gasteiger partial charge is 0.282 e. The van der Waals surface area contributed by atoms with Crippen LogP contribution in [0.3, 0.4) is 0 Å². The van der Waals surface area contributed by atoms with E-state index in [9.17, 15) is 13.2 Å². The van der Waals surface area contributed by atoms with Crippen molar-refractivity contribution in [1.82, 2.24) is 0 Å². The maximum Gasteiger partial charge on any atom is 0.282 e. The summed E-state index contributed by atoms with van der Waals surface area (Å²) in [5.74, 6) is -1.22. The highest BCUT2D eigenvalue weighted by Crippen LogP contribution is 2.29. The summed E-state index contributed by atoms with van der Waals surface area (Å²) in [6, 6.07) is 2.37. The summed E-state index contributed by atoms with van der Waals surface area (Å²) < 4.78 is 23.0. The molecule has 0 aliphatic carbocycles. The molecule has 0 radical (unpaired) electrons. The zero-order valence-corrected chi connectivity index (χ0v) is 13.5. The molecule has 0 heterocycles. The Hall–Kier alpha value is -1.84. The van der Waals surface area contributed by atoms with E-state index in [1.165, 1.54) is 6.07 Å². The fourth-order valence-electron chi connectivity index (χ4n) is 1.67. The zero-order valence-electron chi connectivity index (χ0n) is 12.0. The number of halogens is 1. The lowest BCUT2D eigenvalue weighted by molar-refractivity contribution is 0.100. The van der Waals surface area contributed by atoms with Gasteiger partial charge in [-0.3, -0.25) is 4.79 Å². The van der Waals surface area contributed by atoms with Gasteiger partial charge in [0, 0.05) is 12.2 Å². The molecule has 0 spiro atoms. The largest absolute Gasteiger partial charge is 0.384 e. The Balaban J connectivity index is 3.39. The first-order chi connectivity index (χ1) is 10.2. The van der Waals surface area contributed by atoms with Gasteiger partial charge in [0.15, 0.2) is 5.96 Å². The van der Waals surface area contributed by atoms with Crippen LogP contribution in [0.4, 0.5) is 5.69 Å². The Morgan fingerprint density at radius 1 is 1.36 bits per heavy atom. The number of sulfonamides is 1. The molecule has 1 amide bonds. The van der Waals surface area contributed by atoms with Crippen molar-refractivity contribution in [1.29, 1.82) is 0 Å². The third-order valence-electron chi connectivity index (χ3n) is 2.69. The van der Waals surface area contributed by atoms with E-state index in [1.54, 1.807) is 0 Å². The van der Waals surface area contributed by atoms with Crippen LogP contribution in [0.25, 0.3) is 0 Å². The molecule has 1 aromatic carbocycles. The van der Waals surface area contributed by atoms with Gasteiger partial charge in [-0.1, -0.05) is 24.9 Å². The van der Waals surface area contributed by atoms with Gasteiger partial charge in [0.25, 0.3) is 5.91 Å². The van der Waals surface area contributed by atoms with Crippen molar-refractivity contribution < 1.29 is 13.2 Å². The molecule has 0 aliphatic heterocycles. The van der Waals surface area contributed by atoms with E-state index in [2.05, 4.69) is 10.3 Å². The number of nitrogens with two attached hydrogens (primary N) is 3. The Bertz CT molecular complexity index is 699. The number of hydrogen-bond donors (Lipinski definition) is 4. The van der Waals surface area contributed by atoms with Crippen LogP contribution in [0.5, 0.6) is 0 Å². The first-order valence-electron chi connectivity index (χ1n) is 6.41. The number of carbonyl (C=O) groups excluding carboxylic acids is 1. The second-order valence-corrected chi connectivity index (χ2v) is 6.43. The molecule has 122 valence electrons. The quantitative estimate of drug-likeness (QED) is 0.336. The minimum absolute atomic E-state index is 0.0297. The molecule has 8 nitrogen and oxygen atoms in total. The molecule has 0 atom stereocenters. The fraction of sp³-hybridized carbons (Fsp3) is 0.333. The first kappa shape index (κ1) is 18.2. The fourth-order valence-corrected chi connectivity index (χ4v) is 2.77. The van der Waals surface area contributed by atoms with Crippen LogP contribution in [0.15, 0.2) is 22.0 Å². The van der Waals surface area contributed by atoms with E-state index in [0.29, 0.717) is 12.2 Å². The molecule has 0 saturated carbocycles. The van der Waals surface area contributed by atoms with Gasteiger partial charge < -0.3 is 16.8 Å². The summed E-state index contributed by atoms with van der Waals surface area (Å²) in [5, 5.41) is 7.97. The van der Waals surface area contributed by atoms with Crippen LogP contribution < -0.4 is 21.9 Å². The van der Waals surface area contributed by atoms with Gasteiger partial charge in [-0.15, -0.1) is 0 Å². The van der Waals surface area contributed by atoms with Gasteiger partial charge in [-0.05, 0) is 18.6 Å². The molecule has 0 fully saturated rings. The molecule has 1 aromatic rings. The van der Waals surface area contributed by atoms with Crippen molar-refractivity contribution in [3.8, 4) is 0 Å². The number of hydrogen-bond acceptors (Lipinski definition) is 4. The first-order valence-corrected chi connectivity index (χ1v) is 8.33. The van der Waals surface area contributed by atoms with E-state index in [0.717, 1.165) is 18.9 Å². The molecule has 0 saturated heterocycles. The number of unbranched alkanes of at least 4 members (excludes halogenated alkanes) is 1. The lowest BCUT2D eigenvalue weighted by atomic mass is 10.1. The van der Waals surface area contributed by atoms with E-state index < -0.39 is 21.9 Å². The van der Waals surface area contributed by atoms with Crippen LogP contribution in [-0.4, -0.2) is 26.8 Å². The molecule has 10 heteroatoms. The van der Waals surface area contributed by atoms with E-state index in [-0.39, 0.29) is 15.5 Å². The van der Waals surface area contributed by atoms with E-state index in [1.807, 2.05) is 6.92 Å². The number of guanidine groups is 1. The highest BCUT2D eigenvalue weighted by Gasteiger charge is 2.20. The average Bonchev–Trinajstić information content (AvgIpc) is 2.36. The standard InChI is InChI=1S/C12H18ClN5O3S/c1-2-3-4-17-9-6-8(13)10(22(16,20)21)5-7(9)11(19)18-12(14)15/h5-6,17H,2-4H2,1H3,(H2,16,20,21)(H4,14,15,18,19). The number of nitrogens with one attached hydrogen (secondary N) is 1. The number of primary sulfonamides is 1. The van der Waals surface area contributed by atoms with Gasteiger partial charge in [-0.25, -0.2) is 13.6 Å². The lowest BCUT2D eigenvalue weighted by Crippen LogP contribution is -2.24. The second-order valence-electron chi connectivity index (χ2n) is 4.50. The zero-order chi connectivity index (χ0) is 16.9. The van der Waals surface area contributed by atoms with Gasteiger partial charge >= 0.3 is 0 Å². The average molecular weight is 348 g/mol. The van der Waals surface area contributed by atoms with Crippen molar-refractivity contribution >= 4 is 39.2 Å². The van der Waals surface area contributed by atoms with Gasteiger partial charge in [0.05, 0.1) is 10.6 Å². The Kier molecular flexibility index (Phi) is 6.15. The summed E-state index contributed by atoms with van der Waals surface area (Å²) >= 11 is 5.91. The summed E-state index contributed by atoms with van der Waals surface area (Å²) in [7, 11) is -4.08. The SMILES string of the molecule is CCCCNc1cc(Cl)c(S(N)(=O)=O)cc1C(=O)N=C(N)N. The second kappa shape index (κ2) is 7.43. The molecular formula is C12H18ClN5O3S. The Labute approximate surface area is 133 Å². The van der Waals surface area contributed by atoms with Gasteiger partial charge in [0.2, 0.25) is 10.0 Å². The lowest BCUT2D eigenvalue weighted by Gasteiger charge is -2.12. The van der Waals surface area contributed by atoms with Crippen LogP contribution in [0.1, 0.15) is 30.1 Å². The summed E-state index contributed by atoms with van der Waals surface area (Å²) in [5.41, 5.74) is 10.7. The summed E-state index contributed by atoms with van der Waals surface area (Å²) in [6.07, 6.45) is 1.79. The number of amides is 1. The highest BCUT2D eigenvalue weighted by atomic mass is 35.5. The predicted molar refractivity (Wildman–Crippen MR) is 86.4 cm³/mol. The van der Waals surface area contributed by atoms with Crippen molar-refractivity contribution in [2.75, 3.05) is 11.9 Å². The number of rotatable bonds is 6. The number of anilines is 1. The third kappa shape index (κ3) is 4.86. The normalized spacial score (nSPS) is 11.0. The van der Waals surface area contributed by atoms with Crippen LogP contribution in [0, 0.1) is 0 Å². The molecule has 0 bridgehead atoms. The Morgan fingerprint density at radius 2 is 2.00 bits per heavy atom. The maximum absolute atomic E-state index is 12.0. The summed E-state index contributed by atoms with van der Waals surface area (Å²) in [4.78, 5) is 15.1. The molecular weight excluding hydrogens is 330 g/mol. The topological polar surface area (TPSA) is 154 Å². The van der Waals surface area contributed by atoms with Crippen LogP contribution in [-0.2, 0) is 10.0 Å². The monoisotopic (exact) mass is 347 g/mol. The highest BCUT2D eigenvalue weighted by molar-refractivity contribution is 7.89.